The van der Waals surface area contributed by atoms with Crippen molar-refractivity contribution in [2.75, 3.05) is 16.3 Å². The number of thiocarbonyl (C=S) groups is 2. The van der Waals surface area contributed by atoms with Crippen molar-refractivity contribution in [2.24, 2.45) is 15.8 Å². The molecule has 11 heteroatoms. The summed E-state index contributed by atoms with van der Waals surface area (Å²) in [5.41, 5.74) is -1.44. The summed E-state index contributed by atoms with van der Waals surface area (Å²) in [5, 5.41) is 11.6. The maximum absolute atomic E-state index is 13.6. The third-order valence-corrected chi connectivity index (χ3v) is 7.50. The Balaban J connectivity index is 1.82. The van der Waals surface area contributed by atoms with Crippen molar-refractivity contribution in [3.63, 3.8) is 0 Å². The predicted octanol–water partition coefficient (Wildman–Crippen LogP) is 7.37. The van der Waals surface area contributed by atoms with E-state index in [-0.39, 0.29) is 21.6 Å². The number of aryl methyl sites for hydroxylation is 1. The fourth-order valence-corrected chi connectivity index (χ4v) is 5.90. The van der Waals surface area contributed by atoms with Crippen LogP contribution in [0, 0.1) is 22.2 Å². The van der Waals surface area contributed by atoms with Gasteiger partial charge in [-0.1, -0.05) is 27.7 Å². The Morgan fingerprint density at radius 3 is 2.27 bits per heavy atom. The molecule has 0 radical (unpaired) electrons. The molecule has 1 fully saturated rings. The summed E-state index contributed by atoms with van der Waals surface area (Å²) in [6, 6.07) is 8.38. The third kappa shape index (κ3) is 6.74. The first-order valence-electron chi connectivity index (χ1n) is 12.7. The summed E-state index contributed by atoms with van der Waals surface area (Å²) in [6.45, 7) is 12.7. The molecule has 0 saturated carbocycles. The number of isothiocyanates is 1. The van der Waals surface area contributed by atoms with Crippen LogP contribution in [0.2, 0.25) is 0 Å². The molecular weight excluding hydrogens is 555 g/mol. The highest BCUT2D eigenvalue weighted by Crippen LogP contribution is 2.40. The van der Waals surface area contributed by atoms with Crippen molar-refractivity contribution in [2.45, 2.75) is 72.5 Å². The second kappa shape index (κ2) is 11.4. The Bertz CT molecular complexity index is 1390. The van der Waals surface area contributed by atoms with Gasteiger partial charge >= 0.3 is 6.18 Å². The Hall–Kier alpha value is -3.19. The van der Waals surface area contributed by atoms with E-state index in [2.05, 4.69) is 42.8 Å². The maximum Gasteiger partial charge on any atom is 0.417 e. The number of hydrogen-bond donors (Lipinski definition) is 0. The highest BCUT2D eigenvalue weighted by atomic mass is 32.1. The Morgan fingerprint density at radius 1 is 1.07 bits per heavy atom. The first kappa shape index (κ1) is 31.3. The molecule has 0 spiro atoms. The van der Waals surface area contributed by atoms with Crippen LogP contribution in [0.4, 0.5) is 24.5 Å². The summed E-state index contributed by atoms with van der Waals surface area (Å²) >= 11 is 10.3. The molecule has 212 valence electrons. The van der Waals surface area contributed by atoms with Gasteiger partial charge in [0.15, 0.2) is 5.11 Å². The summed E-state index contributed by atoms with van der Waals surface area (Å²) < 4.78 is 40.7. The van der Waals surface area contributed by atoms with Crippen LogP contribution in [-0.4, -0.2) is 33.2 Å². The largest absolute Gasteiger partial charge is 0.417 e. The van der Waals surface area contributed by atoms with E-state index in [0.717, 1.165) is 42.0 Å². The van der Waals surface area contributed by atoms with Crippen LogP contribution in [0.25, 0.3) is 0 Å². The van der Waals surface area contributed by atoms with Gasteiger partial charge in [-0.25, -0.2) is 4.99 Å². The number of pyridine rings is 1. The standard InChI is InChI=1S/C29H32F3N5OS2/c1-26(2,16-27(3,4)17-34-18-39)12-11-20-8-10-22(15-35-20)37-25(40)36(24(38)28(37,5)6)21-9-7-19(14-33)23(13-21)29(30,31)32/h7-10,13,15H,11-12,16-17H2,1-6H3. The lowest BCUT2D eigenvalue weighted by Gasteiger charge is -2.34. The zero-order valence-electron chi connectivity index (χ0n) is 23.4. The minimum Gasteiger partial charge on any atom is -0.302 e. The van der Waals surface area contributed by atoms with Gasteiger partial charge in [0.1, 0.15) is 5.54 Å². The van der Waals surface area contributed by atoms with Crippen molar-refractivity contribution in [3.05, 3.63) is 53.3 Å². The van der Waals surface area contributed by atoms with E-state index in [1.807, 2.05) is 12.1 Å². The number of alkyl halides is 3. The van der Waals surface area contributed by atoms with Crippen LogP contribution in [-0.2, 0) is 17.4 Å². The van der Waals surface area contributed by atoms with Crippen LogP contribution in [0.3, 0.4) is 0 Å². The smallest absolute Gasteiger partial charge is 0.302 e. The number of carbonyl (C=O) groups is 1. The van der Waals surface area contributed by atoms with E-state index in [4.69, 9.17) is 29.7 Å². The molecule has 1 aliphatic rings. The number of nitriles is 1. The first-order chi connectivity index (χ1) is 18.4. The monoisotopic (exact) mass is 587 g/mol. The summed E-state index contributed by atoms with van der Waals surface area (Å²) in [7, 11) is 0. The number of nitrogens with zero attached hydrogens (tertiary/aromatic N) is 5. The molecule has 0 unspecified atom stereocenters. The summed E-state index contributed by atoms with van der Waals surface area (Å²) in [4.78, 5) is 24.8. The van der Waals surface area contributed by atoms with Crippen molar-refractivity contribution in [1.82, 2.24) is 4.98 Å². The second-order valence-corrected chi connectivity index (χ2v) is 12.6. The molecule has 0 atom stereocenters. The fraction of sp³-hybridized carbons (Fsp3) is 0.483. The zero-order chi connectivity index (χ0) is 30.1. The van der Waals surface area contributed by atoms with Crippen molar-refractivity contribution >= 4 is 52.0 Å². The van der Waals surface area contributed by atoms with E-state index < -0.39 is 28.7 Å². The lowest BCUT2D eigenvalue weighted by Crippen LogP contribution is -2.44. The van der Waals surface area contributed by atoms with Crippen LogP contribution in [0.1, 0.15) is 71.2 Å². The molecule has 1 saturated heterocycles. The lowest BCUT2D eigenvalue weighted by atomic mass is 9.72. The van der Waals surface area contributed by atoms with Gasteiger partial charge in [0.2, 0.25) is 0 Å². The third-order valence-electron chi connectivity index (χ3n) is 7.01. The lowest BCUT2D eigenvalue weighted by molar-refractivity contribution is -0.137. The molecular formula is C29H32F3N5OS2. The summed E-state index contributed by atoms with van der Waals surface area (Å²) in [5.74, 6) is -0.484. The molecule has 1 aromatic heterocycles. The van der Waals surface area contributed by atoms with Crippen LogP contribution >= 0.6 is 24.4 Å². The molecule has 1 aromatic carbocycles. The van der Waals surface area contributed by atoms with Gasteiger partial charge in [0, 0.05) is 5.69 Å². The second-order valence-electron chi connectivity index (χ2n) is 12.1. The average molecular weight is 588 g/mol. The van der Waals surface area contributed by atoms with Gasteiger partial charge in [0.25, 0.3) is 5.91 Å². The maximum atomic E-state index is 13.6. The Labute approximate surface area is 243 Å². The highest BCUT2D eigenvalue weighted by molar-refractivity contribution is 7.81. The SMILES string of the molecule is CC(C)(CCc1ccc(N2C(=S)N(c3ccc(C#N)c(C(F)(F)F)c3)C(=O)C2(C)C)cn1)CC(C)(C)CN=C=S. The van der Waals surface area contributed by atoms with Gasteiger partial charge in [-0.2, -0.15) is 18.4 Å². The predicted molar refractivity (Wildman–Crippen MR) is 157 cm³/mol. The number of halogens is 3. The van der Waals surface area contributed by atoms with E-state index in [9.17, 15) is 18.0 Å². The van der Waals surface area contributed by atoms with E-state index in [1.165, 1.54) is 6.07 Å². The van der Waals surface area contributed by atoms with Crippen LogP contribution in [0.15, 0.2) is 41.5 Å². The minimum absolute atomic E-state index is 0.0160. The van der Waals surface area contributed by atoms with Crippen LogP contribution < -0.4 is 9.80 Å². The molecule has 0 bridgehead atoms. The van der Waals surface area contributed by atoms with E-state index in [1.54, 1.807) is 31.0 Å². The Morgan fingerprint density at radius 2 is 1.73 bits per heavy atom. The molecule has 1 amide bonds. The number of carbonyl (C=O) groups excluding carboxylic acids is 1. The molecule has 6 nitrogen and oxygen atoms in total. The molecule has 40 heavy (non-hydrogen) atoms. The van der Waals surface area contributed by atoms with E-state index >= 15 is 0 Å². The Kier molecular flexibility index (Phi) is 8.90. The molecule has 2 aromatic rings. The number of aliphatic imine (C=N–C) groups is 1. The molecule has 3 rings (SSSR count). The number of anilines is 2. The van der Waals surface area contributed by atoms with Gasteiger partial charge in [-0.15, -0.1) is 0 Å². The van der Waals surface area contributed by atoms with Crippen molar-refractivity contribution in [1.29, 1.82) is 5.26 Å². The van der Waals surface area contributed by atoms with Gasteiger partial charge in [-0.3, -0.25) is 14.7 Å². The molecule has 0 aliphatic carbocycles. The number of hydrogen-bond acceptors (Lipinski definition) is 6. The van der Waals surface area contributed by atoms with Gasteiger partial charge in [0.05, 0.1) is 46.5 Å². The van der Waals surface area contributed by atoms with Gasteiger partial charge in [-0.05, 0) is 98.7 Å². The normalized spacial score (nSPS) is 15.7. The molecule has 1 aliphatic heterocycles. The quantitative estimate of drug-likeness (QED) is 0.225. The fourth-order valence-electron chi connectivity index (χ4n) is 5.31. The van der Waals surface area contributed by atoms with Crippen LogP contribution in [0.5, 0.6) is 0 Å². The number of aromatic nitrogens is 1. The van der Waals surface area contributed by atoms with Gasteiger partial charge < -0.3 is 4.90 Å². The number of amides is 1. The van der Waals surface area contributed by atoms with Crippen molar-refractivity contribution in [3.8, 4) is 6.07 Å². The zero-order valence-corrected chi connectivity index (χ0v) is 25.0. The molecule has 2 heterocycles. The highest BCUT2D eigenvalue weighted by Gasteiger charge is 2.50. The topological polar surface area (TPSA) is 72.6 Å². The number of rotatable bonds is 9. The summed E-state index contributed by atoms with van der Waals surface area (Å²) in [6.07, 6.45) is -0.555. The minimum atomic E-state index is -4.76. The van der Waals surface area contributed by atoms with E-state index in [0.29, 0.717) is 12.2 Å². The van der Waals surface area contributed by atoms with Crippen molar-refractivity contribution < 1.29 is 18.0 Å². The molecule has 0 N–H and O–H groups in total. The first-order valence-corrected chi connectivity index (χ1v) is 13.5. The number of benzene rings is 1. The average Bonchev–Trinajstić information content (AvgIpc) is 3.03.